The Morgan fingerprint density at radius 1 is 0.850 bits per heavy atom. The van der Waals surface area contributed by atoms with Gasteiger partial charge in [0.1, 0.15) is 5.75 Å². The molecule has 109 valence electrons. The fourth-order valence-corrected chi connectivity index (χ4v) is 2.37. The Labute approximate surface area is 147 Å². The summed E-state index contributed by atoms with van der Waals surface area (Å²) < 4.78 is 6.01. The van der Waals surface area contributed by atoms with E-state index in [1.165, 1.54) is 51.4 Å². The van der Waals surface area contributed by atoms with Crippen molar-refractivity contribution in [3.63, 3.8) is 0 Å². The molecule has 0 aliphatic rings. The molecule has 1 aromatic rings. The van der Waals surface area contributed by atoms with Gasteiger partial charge < -0.3 is 4.74 Å². The van der Waals surface area contributed by atoms with Crippen LogP contribution in [0.3, 0.4) is 0 Å². The van der Waals surface area contributed by atoms with Crippen molar-refractivity contribution in [3.05, 3.63) is 30.3 Å². The SMILES string of the molecule is CCCCCCCCCC(CC)Oc1ccccc1.[Na]. The van der Waals surface area contributed by atoms with E-state index in [9.17, 15) is 0 Å². The molecule has 0 spiro atoms. The van der Waals surface area contributed by atoms with Crippen molar-refractivity contribution in [3.8, 4) is 5.75 Å². The molecule has 1 radical (unpaired) electrons. The summed E-state index contributed by atoms with van der Waals surface area (Å²) in [4.78, 5) is 0. The van der Waals surface area contributed by atoms with E-state index in [0.29, 0.717) is 6.10 Å². The normalized spacial score (nSPS) is 11.7. The first-order valence-electron chi connectivity index (χ1n) is 8.08. The fraction of sp³-hybridized carbons (Fsp3) is 0.667. The second-order valence-electron chi connectivity index (χ2n) is 5.37. The summed E-state index contributed by atoms with van der Waals surface area (Å²) in [6.45, 7) is 4.49. The molecule has 0 amide bonds. The second-order valence-corrected chi connectivity index (χ2v) is 5.37. The number of para-hydroxylation sites is 1. The molecule has 1 nitrogen and oxygen atoms in total. The third-order valence-electron chi connectivity index (χ3n) is 3.63. The Morgan fingerprint density at radius 3 is 2.05 bits per heavy atom. The zero-order chi connectivity index (χ0) is 13.8. The average molecular weight is 285 g/mol. The molecular formula is C18H30NaO. The van der Waals surface area contributed by atoms with Gasteiger partial charge in [0.05, 0.1) is 6.10 Å². The van der Waals surface area contributed by atoms with Gasteiger partial charge in [-0.25, -0.2) is 0 Å². The topological polar surface area (TPSA) is 9.23 Å². The van der Waals surface area contributed by atoms with E-state index in [-0.39, 0.29) is 29.6 Å². The van der Waals surface area contributed by atoms with Gasteiger partial charge in [0, 0.05) is 29.6 Å². The number of ether oxygens (including phenoxy) is 1. The molecule has 0 fully saturated rings. The summed E-state index contributed by atoms with van der Waals surface area (Å²) in [5.41, 5.74) is 0. The minimum absolute atomic E-state index is 0. The third-order valence-corrected chi connectivity index (χ3v) is 3.63. The van der Waals surface area contributed by atoms with Crippen molar-refractivity contribution >= 4 is 29.6 Å². The number of benzene rings is 1. The van der Waals surface area contributed by atoms with Crippen LogP contribution in [0.15, 0.2) is 30.3 Å². The molecule has 0 saturated heterocycles. The molecule has 1 rings (SSSR count). The first-order valence-corrected chi connectivity index (χ1v) is 8.08. The predicted octanol–water partition coefficient (Wildman–Crippen LogP) is 5.60. The quantitative estimate of drug-likeness (QED) is 0.379. The zero-order valence-corrected chi connectivity index (χ0v) is 15.7. The molecule has 0 aliphatic heterocycles. The van der Waals surface area contributed by atoms with Gasteiger partial charge in [0.25, 0.3) is 0 Å². The van der Waals surface area contributed by atoms with Gasteiger partial charge in [-0.15, -0.1) is 0 Å². The largest absolute Gasteiger partial charge is 0.490 e. The van der Waals surface area contributed by atoms with Gasteiger partial charge >= 0.3 is 0 Å². The summed E-state index contributed by atoms with van der Waals surface area (Å²) in [6.07, 6.45) is 12.3. The monoisotopic (exact) mass is 285 g/mol. The van der Waals surface area contributed by atoms with Crippen LogP contribution in [0.4, 0.5) is 0 Å². The molecule has 20 heavy (non-hydrogen) atoms. The van der Waals surface area contributed by atoms with Crippen molar-refractivity contribution < 1.29 is 4.74 Å². The van der Waals surface area contributed by atoms with Crippen LogP contribution in [0.1, 0.15) is 71.6 Å². The van der Waals surface area contributed by atoms with Crippen LogP contribution >= 0.6 is 0 Å². The number of hydrogen-bond donors (Lipinski definition) is 0. The molecule has 0 bridgehead atoms. The van der Waals surface area contributed by atoms with E-state index in [2.05, 4.69) is 13.8 Å². The summed E-state index contributed by atoms with van der Waals surface area (Å²) >= 11 is 0. The maximum Gasteiger partial charge on any atom is 0.119 e. The van der Waals surface area contributed by atoms with Gasteiger partial charge in [-0.05, 0) is 31.4 Å². The van der Waals surface area contributed by atoms with Crippen LogP contribution in [0.2, 0.25) is 0 Å². The van der Waals surface area contributed by atoms with Crippen LogP contribution in [-0.2, 0) is 0 Å². The molecule has 0 aromatic heterocycles. The van der Waals surface area contributed by atoms with Crippen molar-refractivity contribution in [2.45, 2.75) is 77.7 Å². The van der Waals surface area contributed by atoms with Gasteiger partial charge in [0.2, 0.25) is 0 Å². The zero-order valence-electron chi connectivity index (χ0n) is 13.7. The predicted molar refractivity (Wildman–Crippen MR) is 89.5 cm³/mol. The van der Waals surface area contributed by atoms with E-state index in [1.54, 1.807) is 0 Å². The summed E-state index contributed by atoms with van der Waals surface area (Å²) in [5.74, 6) is 1.01. The van der Waals surface area contributed by atoms with Crippen molar-refractivity contribution in [1.29, 1.82) is 0 Å². The Kier molecular flexibility index (Phi) is 14.0. The molecule has 1 atom stereocenters. The maximum atomic E-state index is 6.01. The van der Waals surface area contributed by atoms with Crippen LogP contribution in [0.25, 0.3) is 0 Å². The molecule has 0 saturated carbocycles. The van der Waals surface area contributed by atoms with Gasteiger partial charge in [-0.1, -0.05) is 70.6 Å². The van der Waals surface area contributed by atoms with E-state index in [0.717, 1.165) is 12.2 Å². The Morgan fingerprint density at radius 2 is 1.45 bits per heavy atom. The summed E-state index contributed by atoms with van der Waals surface area (Å²) in [6, 6.07) is 10.2. The standard InChI is InChI=1S/C18H30O.Na/c1-3-5-6-7-8-9-11-14-17(4-2)19-18-15-12-10-13-16-18;/h10,12-13,15-17H,3-9,11,14H2,1-2H3;. The second kappa shape index (κ2) is 14.0. The first-order chi connectivity index (χ1) is 9.36. The van der Waals surface area contributed by atoms with E-state index >= 15 is 0 Å². The minimum atomic E-state index is 0. The Hall–Kier alpha value is 0.0200. The summed E-state index contributed by atoms with van der Waals surface area (Å²) in [7, 11) is 0. The van der Waals surface area contributed by atoms with Crippen LogP contribution < -0.4 is 4.74 Å². The Balaban J connectivity index is 0.00000361. The minimum Gasteiger partial charge on any atom is -0.490 e. The molecule has 2 heteroatoms. The summed E-state index contributed by atoms with van der Waals surface area (Å²) in [5, 5.41) is 0. The number of unbranched alkanes of at least 4 members (excludes halogenated alkanes) is 6. The van der Waals surface area contributed by atoms with Gasteiger partial charge in [0.15, 0.2) is 0 Å². The van der Waals surface area contributed by atoms with Crippen molar-refractivity contribution in [1.82, 2.24) is 0 Å². The first kappa shape index (κ1) is 20.0. The van der Waals surface area contributed by atoms with Gasteiger partial charge in [-0.2, -0.15) is 0 Å². The molecule has 0 aliphatic carbocycles. The maximum absolute atomic E-state index is 6.01. The molecule has 1 aromatic carbocycles. The van der Waals surface area contributed by atoms with Crippen molar-refractivity contribution in [2.75, 3.05) is 0 Å². The number of hydrogen-bond acceptors (Lipinski definition) is 1. The van der Waals surface area contributed by atoms with Crippen LogP contribution in [-0.4, -0.2) is 35.7 Å². The molecule has 0 N–H and O–H groups in total. The van der Waals surface area contributed by atoms with E-state index in [4.69, 9.17) is 4.74 Å². The van der Waals surface area contributed by atoms with Gasteiger partial charge in [-0.3, -0.25) is 0 Å². The van der Waals surface area contributed by atoms with Crippen LogP contribution in [0, 0.1) is 0 Å². The average Bonchev–Trinajstić information content (AvgIpc) is 2.46. The van der Waals surface area contributed by atoms with E-state index < -0.39 is 0 Å². The van der Waals surface area contributed by atoms with Crippen molar-refractivity contribution in [2.24, 2.45) is 0 Å². The smallest absolute Gasteiger partial charge is 0.119 e. The Bertz CT molecular complexity index is 300. The van der Waals surface area contributed by atoms with Crippen LogP contribution in [0.5, 0.6) is 5.75 Å². The fourth-order valence-electron chi connectivity index (χ4n) is 2.37. The third kappa shape index (κ3) is 9.85. The van der Waals surface area contributed by atoms with E-state index in [1.807, 2.05) is 30.3 Å². The molecule has 0 heterocycles. The molecule has 1 unspecified atom stereocenters. The number of rotatable bonds is 11. The molecular weight excluding hydrogens is 255 g/mol.